The van der Waals surface area contributed by atoms with Crippen molar-refractivity contribution in [1.82, 2.24) is 14.8 Å². The second-order valence-corrected chi connectivity index (χ2v) is 8.89. The van der Waals surface area contributed by atoms with Crippen molar-refractivity contribution in [2.24, 2.45) is 0 Å². The summed E-state index contributed by atoms with van der Waals surface area (Å²) in [4.78, 5) is 12.6. The van der Waals surface area contributed by atoms with Crippen molar-refractivity contribution < 1.29 is 13.9 Å². The molecule has 4 aromatic rings. The van der Waals surface area contributed by atoms with Crippen molar-refractivity contribution >= 4 is 40.6 Å². The van der Waals surface area contributed by atoms with E-state index in [9.17, 15) is 9.18 Å². The van der Waals surface area contributed by atoms with E-state index >= 15 is 0 Å². The Morgan fingerprint density at radius 2 is 1.83 bits per heavy atom. The Morgan fingerprint density at radius 3 is 2.54 bits per heavy atom. The first kappa shape index (κ1) is 24.6. The van der Waals surface area contributed by atoms with Crippen LogP contribution in [0.1, 0.15) is 11.4 Å². The Hall–Kier alpha value is -3.56. The standard InChI is InChI=1S/C25H23ClFN5O2S/c1-16-21(26)4-3-5-22(16)29-24(33)15-35-25-31-30-23(14-28-18-8-6-17(27)7-9-18)32(25)19-10-12-20(34-2)13-11-19/h3-13,28H,14-15H2,1-2H3,(H,29,33). The summed E-state index contributed by atoms with van der Waals surface area (Å²) >= 11 is 7.42. The van der Waals surface area contributed by atoms with E-state index in [4.69, 9.17) is 16.3 Å². The van der Waals surface area contributed by atoms with Gasteiger partial charge in [-0.3, -0.25) is 9.36 Å². The first-order valence-electron chi connectivity index (χ1n) is 10.7. The number of nitrogens with one attached hydrogen (secondary N) is 2. The van der Waals surface area contributed by atoms with Gasteiger partial charge in [0.15, 0.2) is 11.0 Å². The van der Waals surface area contributed by atoms with Crippen LogP contribution in [0.2, 0.25) is 5.02 Å². The van der Waals surface area contributed by atoms with E-state index in [2.05, 4.69) is 20.8 Å². The van der Waals surface area contributed by atoms with Gasteiger partial charge in [-0.1, -0.05) is 29.4 Å². The third kappa shape index (κ3) is 6.12. The molecule has 180 valence electrons. The Labute approximate surface area is 211 Å². The predicted octanol–water partition coefficient (Wildman–Crippen LogP) is 5.72. The van der Waals surface area contributed by atoms with Gasteiger partial charge in [-0.2, -0.15) is 0 Å². The minimum absolute atomic E-state index is 0.131. The van der Waals surface area contributed by atoms with E-state index in [1.807, 2.05) is 41.8 Å². The van der Waals surface area contributed by atoms with Gasteiger partial charge in [0.25, 0.3) is 0 Å². The predicted molar refractivity (Wildman–Crippen MR) is 137 cm³/mol. The van der Waals surface area contributed by atoms with Crippen LogP contribution in [0.25, 0.3) is 5.69 Å². The van der Waals surface area contributed by atoms with Gasteiger partial charge < -0.3 is 15.4 Å². The zero-order valence-corrected chi connectivity index (χ0v) is 20.7. The summed E-state index contributed by atoms with van der Waals surface area (Å²) < 4.78 is 20.4. The number of nitrogens with zero attached hydrogens (tertiary/aromatic N) is 3. The van der Waals surface area contributed by atoms with Gasteiger partial charge in [0.1, 0.15) is 11.6 Å². The fourth-order valence-electron chi connectivity index (χ4n) is 3.31. The number of benzene rings is 3. The molecule has 3 aromatic carbocycles. The summed E-state index contributed by atoms with van der Waals surface area (Å²) in [7, 11) is 1.60. The molecule has 1 amide bonds. The quantitative estimate of drug-likeness (QED) is 0.280. The molecule has 0 atom stereocenters. The van der Waals surface area contributed by atoms with E-state index in [-0.39, 0.29) is 17.5 Å². The lowest BCUT2D eigenvalue weighted by molar-refractivity contribution is -0.113. The van der Waals surface area contributed by atoms with Crippen molar-refractivity contribution in [3.05, 3.63) is 89.0 Å². The number of anilines is 2. The fraction of sp³-hybridized carbons (Fsp3) is 0.160. The molecule has 0 saturated carbocycles. The highest BCUT2D eigenvalue weighted by Gasteiger charge is 2.17. The highest BCUT2D eigenvalue weighted by molar-refractivity contribution is 7.99. The monoisotopic (exact) mass is 511 g/mol. The second-order valence-electron chi connectivity index (χ2n) is 7.54. The zero-order chi connectivity index (χ0) is 24.8. The number of carbonyl (C=O) groups excluding carboxylic acids is 1. The number of thioether (sulfide) groups is 1. The number of carbonyl (C=O) groups is 1. The molecular formula is C25H23ClFN5O2S. The molecule has 7 nitrogen and oxygen atoms in total. The van der Waals surface area contributed by atoms with Crippen molar-refractivity contribution in [1.29, 1.82) is 0 Å². The maximum absolute atomic E-state index is 13.2. The number of aromatic nitrogens is 3. The zero-order valence-electron chi connectivity index (χ0n) is 19.1. The summed E-state index contributed by atoms with van der Waals surface area (Å²) in [6, 6.07) is 18.9. The molecule has 0 aliphatic rings. The molecule has 0 unspecified atom stereocenters. The van der Waals surface area contributed by atoms with Crippen LogP contribution >= 0.6 is 23.4 Å². The summed E-state index contributed by atoms with van der Waals surface area (Å²) in [5.41, 5.74) is 3.05. The minimum atomic E-state index is -0.304. The molecule has 1 aromatic heterocycles. The largest absolute Gasteiger partial charge is 0.497 e. The summed E-state index contributed by atoms with van der Waals surface area (Å²) in [6.45, 7) is 2.20. The number of rotatable bonds is 9. The molecule has 1 heterocycles. The number of ether oxygens (including phenoxy) is 1. The van der Waals surface area contributed by atoms with Crippen LogP contribution in [0.4, 0.5) is 15.8 Å². The van der Waals surface area contributed by atoms with Gasteiger partial charge in [0.2, 0.25) is 5.91 Å². The highest BCUT2D eigenvalue weighted by atomic mass is 35.5. The molecule has 2 N–H and O–H groups in total. The molecule has 0 aliphatic carbocycles. The van der Waals surface area contributed by atoms with Crippen LogP contribution in [0.5, 0.6) is 5.75 Å². The number of halogens is 2. The molecule has 0 bridgehead atoms. The number of methoxy groups -OCH3 is 1. The highest BCUT2D eigenvalue weighted by Crippen LogP contribution is 2.26. The van der Waals surface area contributed by atoms with Gasteiger partial charge in [0, 0.05) is 22.1 Å². The normalized spacial score (nSPS) is 10.7. The lowest BCUT2D eigenvalue weighted by Crippen LogP contribution is -2.15. The first-order valence-corrected chi connectivity index (χ1v) is 12.1. The maximum atomic E-state index is 13.2. The first-order chi connectivity index (χ1) is 16.9. The number of hydrogen-bond donors (Lipinski definition) is 2. The van der Waals surface area contributed by atoms with Crippen molar-refractivity contribution in [2.45, 2.75) is 18.6 Å². The van der Waals surface area contributed by atoms with Gasteiger partial charge in [-0.25, -0.2) is 4.39 Å². The van der Waals surface area contributed by atoms with Gasteiger partial charge in [-0.15, -0.1) is 10.2 Å². The molecule has 0 spiro atoms. The average Bonchev–Trinajstić information content (AvgIpc) is 3.28. The fourth-order valence-corrected chi connectivity index (χ4v) is 4.25. The van der Waals surface area contributed by atoms with Crippen molar-refractivity contribution in [3.63, 3.8) is 0 Å². The lowest BCUT2D eigenvalue weighted by Gasteiger charge is -2.12. The molecule has 0 saturated heterocycles. The lowest BCUT2D eigenvalue weighted by atomic mass is 10.2. The number of amides is 1. The Kier molecular flexibility index (Phi) is 7.89. The van der Waals surface area contributed by atoms with Crippen LogP contribution < -0.4 is 15.4 Å². The minimum Gasteiger partial charge on any atom is -0.497 e. The van der Waals surface area contributed by atoms with Crippen molar-refractivity contribution in [2.75, 3.05) is 23.5 Å². The maximum Gasteiger partial charge on any atom is 0.234 e. The molecule has 0 aliphatic heterocycles. The van der Waals surface area contributed by atoms with E-state index in [1.54, 1.807) is 31.4 Å². The van der Waals surface area contributed by atoms with Gasteiger partial charge in [0.05, 0.1) is 19.4 Å². The third-order valence-corrected chi connectivity index (χ3v) is 6.54. The molecule has 10 heteroatoms. The summed E-state index contributed by atoms with van der Waals surface area (Å²) in [6.07, 6.45) is 0. The van der Waals surface area contributed by atoms with Gasteiger partial charge in [-0.05, 0) is 73.2 Å². The van der Waals surface area contributed by atoms with E-state index < -0.39 is 0 Å². The number of hydrogen-bond acceptors (Lipinski definition) is 6. The van der Waals surface area contributed by atoms with E-state index in [0.29, 0.717) is 28.2 Å². The second kappa shape index (κ2) is 11.2. The molecule has 35 heavy (non-hydrogen) atoms. The molecule has 4 rings (SSSR count). The van der Waals surface area contributed by atoms with Gasteiger partial charge >= 0.3 is 0 Å². The Balaban J connectivity index is 1.52. The summed E-state index contributed by atoms with van der Waals surface area (Å²) in [5, 5.41) is 15.9. The smallest absolute Gasteiger partial charge is 0.234 e. The Bertz CT molecular complexity index is 1310. The van der Waals surface area contributed by atoms with Crippen molar-refractivity contribution in [3.8, 4) is 11.4 Å². The average molecular weight is 512 g/mol. The molecule has 0 radical (unpaired) electrons. The van der Waals surface area contributed by atoms with Crippen LogP contribution in [0, 0.1) is 12.7 Å². The SMILES string of the molecule is COc1ccc(-n2c(CNc3ccc(F)cc3)nnc2SCC(=O)Nc2cccc(Cl)c2C)cc1. The summed E-state index contributed by atoms with van der Waals surface area (Å²) in [5.74, 6) is 0.995. The third-order valence-electron chi connectivity index (χ3n) is 5.20. The van der Waals surface area contributed by atoms with Crippen LogP contribution in [-0.4, -0.2) is 33.5 Å². The van der Waals surface area contributed by atoms with E-state index in [0.717, 1.165) is 22.7 Å². The van der Waals surface area contributed by atoms with E-state index in [1.165, 1.54) is 23.9 Å². The van der Waals surface area contributed by atoms with Crippen LogP contribution in [0.15, 0.2) is 71.9 Å². The topological polar surface area (TPSA) is 81.1 Å². The molecule has 0 fully saturated rings. The Morgan fingerprint density at radius 1 is 1.09 bits per heavy atom. The van der Waals surface area contributed by atoms with Crippen LogP contribution in [0.3, 0.4) is 0 Å². The van der Waals surface area contributed by atoms with Crippen LogP contribution in [-0.2, 0) is 11.3 Å². The molecular weight excluding hydrogens is 489 g/mol.